The van der Waals surface area contributed by atoms with Crippen LogP contribution in [0.1, 0.15) is 16.1 Å². The molecular weight excluding hydrogens is 226 g/mol. The fourth-order valence-corrected chi connectivity index (χ4v) is 1.48. The van der Waals surface area contributed by atoms with E-state index in [0.717, 1.165) is 11.3 Å². The number of nitrogens with zero attached hydrogens (tertiary/aromatic N) is 1. The molecule has 0 aliphatic rings. The smallest absolute Gasteiger partial charge is 0.204 e. The van der Waals surface area contributed by atoms with Gasteiger partial charge in [-0.15, -0.1) is 0 Å². The van der Waals surface area contributed by atoms with Crippen LogP contribution in [-0.4, -0.2) is 17.9 Å². The highest BCUT2D eigenvalue weighted by Crippen LogP contribution is 2.12. The van der Waals surface area contributed by atoms with Gasteiger partial charge in [-0.3, -0.25) is 9.78 Å². The number of aromatic nitrogens is 1. The third kappa shape index (κ3) is 3.04. The molecule has 0 aliphatic carbocycles. The van der Waals surface area contributed by atoms with Gasteiger partial charge in [0.05, 0.1) is 7.11 Å². The van der Waals surface area contributed by atoms with Gasteiger partial charge in [0.15, 0.2) is 0 Å². The molecule has 1 heterocycles. The average molecular weight is 239 g/mol. The third-order valence-corrected chi connectivity index (χ3v) is 2.46. The first kappa shape index (κ1) is 12.0. The van der Waals surface area contributed by atoms with Gasteiger partial charge >= 0.3 is 0 Å². The number of hydrogen-bond donors (Lipinski definition) is 0. The zero-order valence-corrected chi connectivity index (χ0v) is 10.0. The Morgan fingerprint density at radius 2 is 1.94 bits per heavy atom. The Labute approximate surface area is 106 Å². The van der Waals surface area contributed by atoms with Crippen molar-refractivity contribution in [1.82, 2.24) is 4.98 Å². The molecule has 2 aromatic rings. The Kier molecular flexibility index (Phi) is 3.86. The van der Waals surface area contributed by atoms with Gasteiger partial charge in [-0.25, -0.2) is 0 Å². The fourth-order valence-electron chi connectivity index (χ4n) is 1.48. The minimum Gasteiger partial charge on any atom is -0.497 e. The monoisotopic (exact) mass is 239 g/mol. The largest absolute Gasteiger partial charge is 0.497 e. The van der Waals surface area contributed by atoms with E-state index in [4.69, 9.17) is 4.74 Å². The number of ketones is 1. The van der Waals surface area contributed by atoms with Gasteiger partial charge in [0, 0.05) is 6.20 Å². The van der Waals surface area contributed by atoms with Crippen molar-refractivity contribution in [2.75, 3.05) is 7.11 Å². The second-order valence-corrected chi connectivity index (χ2v) is 3.69. The van der Waals surface area contributed by atoms with E-state index in [-0.39, 0.29) is 5.78 Å². The van der Waals surface area contributed by atoms with Gasteiger partial charge in [-0.05, 0) is 35.9 Å². The molecule has 3 heteroatoms. The molecule has 0 saturated carbocycles. The topological polar surface area (TPSA) is 39.2 Å². The lowest BCUT2D eigenvalue weighted by Crippen LogP contribution is -1.96. The highest BCUT2D eigenvalue weighted by atomic mass is 16.5. The Hall–Kier alpha value is -2.42. The van der Waals surface area contributed by atoms with E-state index in [9.17, 15) is 4.79 Å². The molecule has 0 atom stereocenters. The summed E-state index contributed by atoms with van der Waals surface area (Å²) in [6, 6.07) is 12.8. The molecule has 1 aromatic carbocycles. The molecule has 0 unspecified atom stereocenters. The van der Waals surface area contributed by atoms with Crippen LogP contribution in [0.3, 0.4) is 0 Å². The van der Waals surface area contributed by atoms with Gasteiger partial charge < -0.3 is 4.74 Å². The lowest BCUT2D eigenvalue weighted by atomic mass is 10.1. The lowest BCUT2D eigenvalue weighted by molar-refractivity contribution is 0.104. The van der Waals surface area contributed by atoms with Crippen molar-refractivity contribution in [2.24, 2.45) is 0 Å². The first-order valence-electron chi connectivity index (χ1n) is 5.57. The quantitative estimate of drug-likeness (QED) is 0.608. The van der Waals surface area contributed by atoms with E-state index in [1.165, 1.54) is 6.08 Å². The second-order valence-electron chi connectivity index (χ2n) is 3.69. The number of pyridine rings is 1. The molecule has 0 saturated heterocycles. The summed E-state index contributed by atoms with van der Waals surface area (Å²) >= 11 is 0. The molecule has 0 aliphatic heterocycles. The van der Waals surface area contributed by atoms with Gasteiger partial charge in [0.2, 0.25) is 5.78 Å². The van der Waals surface area contributed by atoms with Crippen LogP contribution in [-0.2, 0) is 0 Å². The van der Waals surface area contributed by atoms with Crippen LogP contribution in [0.2, 0.25) is 0 Å². The summed E-state index contributed by atoms with van der Waals surface area (Å²) in [6.45, 7) is 0. The number of ether oxygens (including phenoxy) is 1. The van der Waals surface area contributed by atoms with Crippen molar-refractivity contribution in [3.05, 3.63) is 66.0 Å². The molecule has 0 radical (unpaired) electrons. The number of carbonyl (C=O) groups is 1. The standard InChI is InChI=1S/C15H13NO2/c1-18-13-8-5-12(6-9-13)7-10-15(17)14-4-2-3-11-16-14/h2-11H,1H3. The zero-order valence-electron chi connectivity index (χ0n) is 10.0. The van der Waals surface area contributed by atoms with Crippen molar-refractivity contribution < 1.29 is 9.53 Å². The van der Waals surface area contributed by atoms with Crippen LogP contribution in [0, 0.1) is 0 Å². The van der Waals surface area contributed by atoms with Crippen molar-refractivity contribution in [2.45, 2.75) is 0 Å². The molecule has 0 fully saturated rings. The maximum absolute atomic E-state index is 11.8. The third-order valence-electron chi connectivity index (χ3n) is 2.46. The summed E-state index contributed by atoms with van der Waals surface area (Å²) in [5, 5.41) is 0. The van der Waals surface area contributed by atoms with E-state index in [2.05, 4.69) is 4.98 Å². The number of carbonyl (C=O) groups excluding carboxylic acids is 1. The summed E-state index contributed by atoms with van der Waals surface area (Å²) in [5.74, 6) is 0.689. The van der Waals surface area contributed by atoms with Gasteiger partial charge in [0.1, 0.15) is 11.4 Å². The maximum atomic E-state index is 11.8. The maximum Gasteiger partial charge on any atom is 0.204 e. The SMILES string of the molecule is COc1ccc(C=CC(=O)c2ccccn2)cc1. The molecule has 3 nitrogen and oxygen atoms in total. The Balaban J connectivity index is 2.08. The number of allylic oxidation sites excluding steroid dienone is 1. The van der Waals surface area contributed by atoms with Crippen molar-refractivity contribution >= 4 is 11.9 Å². The molecular formula is C15H13NO2. The molecule has 0 amide bonds. The minimum absolute atomic E-state index is 0.105. The van der Waals surface area contributed by atoms with Crippen molar-refractivity contribution in [1.29, 1.82) is 0 Å². The van der Waals surface area contributed by atoms with E-state index in [1.807, 2.05) is 24.3 Å². The predicted molar refractivity (Wildman–Crippen MR) is 70.6 cm³/mol. The summed E-state index contributed by atoms with van der Waals surface area (Å²) in [4.78, 5) is 15.8. The van der Waals surface area contributed by atoms with E-state index < -0.39 is 0 Å². The first-order chi connectivity index (χ1) is 8.79. The van der Waals surface area contributed by atoms with Crippen LogP contribution >= 0.6 is 0 Å². The Morgan fingerprint density at radius 3 is 2.56 bits per heavy atom. The predicted octanol–water partition coefficient (Wildman–Crippen LogP) is 2.99. The lowest BCUT2D eigenvalue weighted by Gasteiger charge is -1.99. The second kappa shape index (κ2) is 5.77. The van der Waals surface area contributed by atoms with Gasteiger partial charge in [-0.2, -0.15) is 0 Å². The van der Waals surface area contributed by atoms with Crippen molar-refractivity contribution in [3.63, 3.8) is 0 Å². The van der Waals surface area contributed by atoms with Crippen LogP contribution in [0.5, 0.6) is 5.75 Å². The van der Waals surface area contributed by atoms with E-state index >= 15 is 0 Å². The average Bonchev–Trinajstić information content (AvgIpc) is 2.46. The van der Waals surface area contributed by atoms with E-state index in [1.54, 1.807) is 37.6 Å². The fraction of sp³-hybridized carbons (Fsp3) is 0.0667. The summed E-state index contributed by atoms with van der Waals surface area (Å²) in [6.07, 6.45) is 4.88. The zero-order chi connectivity index (χ0) is 12.8. The van der Waals surface area contributed by atoms with Crippen LogP contribution in [0.25, 0.3) is 6.08 Å². The van der Waals surface area contributed by atoms with Gasteiger partial charge in [0.25, 0.3) is 0 Å². The summed E-state index contributed by atoms with van der Waals surface area (Å²) in [5.41, 5.74) is 1.39. The number of methoxy groups -OCH3 is 1. The van der Waals surface area contributed by atoms with Crippen LogP contribution < -0.4 is 4.74 Å². The molecule has 2 rings (SSSR count). The van der Waals surface area contributed by atoms with Gasteiger partial charge in [-0.1, -0.05) is 24.3 Å². The van der Waals surface area contributed by atoms with E-state index in [0.29, 0.717) is 5.69 Å². The van der Waals surface area contributed by atoms with Crippen molar-refractivity contribution in [3.8, 4) is 5.75 Å². The molecule has 0 N–H and O–H groups in total. The summed E-state index contributed by atoms with van der Waals surface area (Å²) < 4.78 is 5.06. The summed E-state index contributed by atoms with van der Waals surface area (Å²) in [7, 11) is 1.62. The normalized spacial score (nSPS) is 10.5. The van der Waals surface area contributed by atoms with Crippen LogP contribution in [0.15, 0.2) is 54.7 Å². The number of benzene rings is 1. The molecule has 90 valence electrons. The molecule has 1 aromatic heterocycles. The number of rotatable bonds is 4. The van der Waals surface area contributed by atoms with Crippen LogP contribution in [0.4, 0.5) is 0 Å². The molecule has 0 spiro atoms. The molecule has 0 bridgehead atoms. The highest BCUT2D eigenvalue weighted by Gasteiger charge is 2.00. The first-order valence-corrected chi connectivity index (χ1v) is 5.57. The highest BCUT2D eigenvalue weighted by molar-refractivity contribution is 6.05. The molecule has 18 heavy (non-hydrogen) atoms. The number of hydrogen-bond acceptors (Lipinski definition) is 3. The Bertz CT molecular complexity index is 544. The Morgan fingerprint density at radius 1 is 1.17 bits per heavy atom. The minimum atomic E-state index is -0.105.